The summed E-state index contributed by atoms with van der Waals surface area (Å²) in [5.74, 6) is 1.55. The van der Waals surface area contributed by atoms with Gasteiger partial charge < -0.3 is 5.32 Å². The predicted molar refractivity (Wildman–Crippen MR) is 55.1 cm³/mol. The summed E-state index contributed by atoms with van der Waals surface area (Å²) in [6.45, 7) is 0.867. The van der Waals surface area contributed by atoms with Crippen molar-refractivity contribution >= 4 is 10.8 Å². The first-order valence-electron chi connectivity index (χ1n) is 4.49. The fraction of sp³-hybridized carbons (Fsp3) is 0.400. The van der Waals surface area contributed by atoms with Crippen LogP contribution >= 0.6 is 0 Å². The highest BCUT2D eigenvalue weighted by molar-refractivity contribution is 7.85. The molecule has 1 saturated heterocycles. The third-order valence-corrected chi connectivity index (χ3v) is 3.64. The van der Waals surface area contributed by atoms with E-state index in [1.807, 2.05) is 18.2 Å². The Hall–Kier alpha value is -0.670. The molecule has 70 valence electrons. The molecule has 0 unspecified atom stereocenters. The third-order valence-electron chi connectivity index (χ3n) is 2.27. The largest absolute Gasteiger partial charge is 0.308 e. The molecule has 0 saturated carbocycles. The second kappa shape index (κ2) is 4.03. The summed E-state index contributed by atoms with van der Waals surface area (Å²) < 4.78 is 11.3. The molecule has 0 radical (unpaired) electrons. The minimum atomic E-state index is -0.633. The van der Waals surface area contributed by atoms with E-state index in [4.69, 9.17) is 0 Å². The summed E-state index contributed by atoms with van der Waals surface area (Å²) in [7, 11) is -0.633. The summed E-state index contributed by atoms with van der Waals surface area (Å²) in [6.07, 6.45) is 0. The lowest BCUT2D eigenvalue weighted by molar-refractivity contribution is 0.572. The minimum Gasteiger partial charge on any atom is -0.308 e. The highest BCUT2D eigenvalue weighted by Gasteiger charge is 2.18. The Kier molecular flexibility index (Phi) is 2.76. The van der Waals surface area contributed by atoms with Gasteiger partial charge in [-0.25, -0.2) is 0 Å². The van der Waals surface area contributed by atoms with Gasteiger partial charge in [-0.2, -0.15) is 0 Å². The van der Waals surface area contributed by atoms with Gasteiger partial charge in [0.2, 0.25) is 0 Å². The van der Waals surface area contributed by atoms with E-state index in [-0.39, 0.29) is 6.04 Å². The van der Waals surface area contributed by atoms with Gasteiger partial charge >= 0.3 is 0 Å². The standard InChI is InChI=1S/C10H13NOS/c12-13-7-6-11-10(8-13)9-4-2-1-3-5-9/h1-5,10-11H,6-8H2/t10-,13+/m0/s1. The predicted octanol–water partition coefficient (Wildman–Crippen LogP) is 1.08. The van der Waals surface area contributed by atoms with Crippen LogP contribution in [0, 0.1) is 0 Å². The molecule has 2 atom stereocenters. The maximum Gasteiger partial charge on any atom is 0.0437 e. The zero-order valence-corrected chi connectivity index (χ0v) is 8.22. The van der Waals surface area contributed by atoms with Crippen LogP contribution in [-0.2, 0) is 10.8 Å². The maximum atomic E-state index is 11.3. The summed E-state index contributed by atoms with van der Waals surface area (Å²) in [4.78, 5) is 0. The van der Waals surface area contributed by atoms with E-state index in [2.05, 4.69) is 17.4 Å². The van der Waals surface area contributed by atoms with Crippen LogP contribution in [-0.4, -0.2) is 22.3 Å². The summed E-state index contributed by atoms with van der Waals surface area (Å²) in [6, 6.07) is 10.5. The van der Waals surface area contributed by atoms with Crippen molar-refractivity contribution in [3.8, 4) is 0 Å². The smallest absolute Gasteiger partial charge is 0.0437 e. The Balaban J connectivity index is 2.13. The van der Waals surface area contributed by atoms with Crippen LogP contribution < -0.4 is 5.32 Å². The van der Waals surface area contributed by atoms with Crippen LogP contribution in [0.1, 0.15) is 11.6 Å². The van der Waals surface area contributed by atoms with Crippen molar-refractivity contribution < 1.29 is 4.21 Å². The molecule has 0 spiro atoms. The first-order valence-corrected chi connectivity index (χ1v) is 5.98. The molecular weight excluding hydrogens is 182 g/mol. The van der Waals surface area contributed by atoms with Gasteiger partial charge in [0.15, 0.2) is 0 Å². The van der Waals surface area contributed by atoms with Crippen molar-refractivity contribution in [2.24, 2.45) is 0 Å². The molecule has 1 aromatic rings. The number of hydrogen-bond donors (Lipinski definition) is 1. The molecule has 3 heteroatoms. The van der Waals surface area contributed by atoms with Crippen molar-refractivity contribution in [2.75, 3.05) is 18.1 Å². The summed E-state index contributed by atoms with van der Waals surface area (Å²) in [5, 5.41) is 3.37. The molecule has 1 aromatic carbocycles. The minimum absolute atomic E-state index is 0.288. The second-order valence-electron chi connectivity index (χ2n) is 3.23. The van der Waals surface area contributed by atoms with Crippen LogP contribution in [0.3, 0.4) is 0 Å². The molecule has 0 aliphatic carbocycles. The quantitative estimate of drug-likeness (QED) is 0.726. The first-order chi connectivity index (χ1) is 6.36. The average molecular weight is 195 g/mol. The van der Waals surface area contributed by atoms with Gasteiger partial charge in [-0.05, 0) is 5.56 Å². The molecule has 0 bridgehead atoms. The second-order valence-corrected chi connectivity index (χ2v) is 4.85. The van der Waals surface area contributed by atoms with Crippen LogP contribution in [0.15, 0.2) is 30.3 Å². The van der Waals surface area contributed by atoms with E-state index < -0.39 is 10.8 Å². The van der Waals surface area contributed by atoms with Gasteiger partial charge in [0.1, 0.15) is 0 Å². The highest BCUT2D eigenvalue weighted by Crippen LogP contribution is 2.15. The molecule has 2 nitrogen and oxygen atoms in total. The Morgan fingerprint density at radius 1 is 1.31 bits per heavy atom. The summed E-state index contributed by atoms with van der Waals surface area (Å²) in [5.41, 5.74) is 1.25. The Morgan fingerprint density at radius 2 is 2.08 bits per heavy atom. The van der Waals surface area contributed by atoms with E-state index in [9.17, 15) is 4.21 Å². The molecule has 13 heavy (non-hydrogen) atoms. The van der Waals surface area contributed by atoms with Gasteiger partial charge in [-0.1, -0.05) is 30.3 Å². The molecule has 1 aliphatic rings. The maximum absolute atomic E-state index is 11.3. The fourth-order valence-corrected chi connectivity index (χ4v) is 2.77. The Bertz CT molecular complexity index is 299. The molecule has 1 heterocycles. The fourth-order valence-electron chi connectivity index (χ4n) is 1.57. The van der Waals surface area contributed by atoms with Crippen molar-refractivity contribution in [1.29, 1.82) is 0 Å². The summed E-state index contributed by atoms with van der Waals surface area (Å²) >= 11 is 0. The zero-order valence-electron chi connectivity index (χ0n) is 7.40. The Morgan fingerprint density at radius 3 is 2.77 bits per heavy atom. The Labute approximate surface area is 80.8 Å². The lowest BCUT2D eigenvalue weighted by atomic mass is 10.1. The van der Waals surface area contributed by atoms with Crippen LogP contribution in [0.2, 0.25) is 0 Å². The highest BCUT2D eigenvalue weighted by atomic mass is 32.2. The first kappa shape index (κ1) is 8.91. The molecule has 1 N–H and O–H groups in total. The number of rotatable bonds is 1. The van der Waals surface area contributed by atoms with Gasteiger partial charge in [-0.3, -0.25) is 4.21 Å². The van der Waals surface area contributed by atoms with Crippen LogP contribution in [0.5, 0.6) is 0 Å². The van der Waals surface area contributed by atoms with Crippen molar-refractivity contribution in [3.05, 3.63) is 35.9 Å². The van der Waals surface area contributed by atoms with Gasteiger partial charge in [-0.15, -0.1) is 0 Å². The van der Waals surface area contributed by atoms with Gasteiger partial charge in [0.05, 0.1) is 0 Å². The number of nitrogens with one attached hydrogen (secondary N) is 1. The topological polar surface area (TPSA) is 29.1 Å². The van der Waals surface area contributed by atoms with E-state index >= 15 is 0 Å². The van der Waals surface area contributed by atoms with E-state index in [1.54, 1.807) is 0 Å². The monoisotopic (exact) mass is 195 g/mol. The van der Waals surface area contributed by atoms with Crippen molar-refractivity contribution in [2.45, 2.75) is 6.04 Å². The molecule has 1 aliphatic heterocycles. The van der Waals surface area contributed by atoms with Gasteiger partial charge in [0.25, 0.3) is 0 Å². The number of hydrogen-bond acceptors (Lipinski definition) is 2. The van der Waals surface area contributed by atoms with Crippen molar-refractivity contribution in [3.63, 3.8) is 0 Å². The van der Waals surface area contributed by atoms with E-state index in [0.29, 0.717) is 0 Å². The lowest BCUT2D eigenvalue weighted by Gasteiger charge is -2.23. The molecule has 2 rings (SSSR count). The zero-order chi connectivity index (χ0) is 9.10. The lowest BCUT2D eigenvalue weighted by Crippen LogP contribution is -2.36. The number of benzene rings is 1. The van der Waals surface area contributed by atoms with Crippen LogP contribution in [0.4, 0.5) is 0 Å². The van der Waals surface area contributed by atoms with Crippen molar-refractivity contribution in [1.82, 2.24) is 5.32 Å². The van der Waals surface area contributed by atoms with Gasteiger partial charge in [0, 0.05) is 34.9 Å². The molecule has 0 amide bonds. The van der Waals surface area contributed by atoms with E-state index in [0.717, 1.165) is 18.1 Å². The SMILES string of the molecule is O=[S@@]1CCN[C@H](c2ccccc2)C1. The van der Waals surface area contributed by atoms with Crippen LogP contribution in [0.25, 0.3) is 0 Å². The molecular formula is C10H13NOS. The average Bonchev–Trinajstić information content (AvgIpc) is 2.19. The normalized spacial score (nSPS) is 28.6. The molecule has 1 fully saturated rings. The molecule has 0 aromatic heterocycles. The third kappa shape index (κ3) is 2.17. The van der Waals surface area contributed by atoms with E-state index in [1.165, 1.54) is 5.56 Å².